The summed E-state index contributed by atoms with van der Waals surface area (Å²) in [6.07, 6.45) is 1.73. The lowest BCUT2D eigenvalue weighted by atomic mass is 10.1. The molecular weight excluding hydrogens is 372 g/mol. The molecule has 0 unspecified atom stereocenters. The molecule has 1 aliphatic heterocycles. The number of rotatable bonds is 5. The van der Waals surface area contributed by atoms with Crippen molar-refractivity contribution >= 4 is 20.0 Å². The molecule has 2 aromatic carbocycles. The number of hydrogen-bond donors (Lipinski definition) is 0. The minimum absolute atomic E-state index is 0.153. The van der Waals surface area contributed by atoms with Crippen LogP contribution in [0.25, 0.3) is 11.1 Å². The molecule has 0 aliphatic carbocycles. The van der Waals surface area contributed by atoms with Crippen LogP contribution in [0.15, 0.2) is 58.3 Å². The summed E-state index contributed by atoms with van der Waals surface area (Å²) >= 11 is 0. The van der Waals surface area contributed by atoms with Crippen molar-refractivity contribution in [3.8, 4) is 11.1 Å². The molecule has 0 spiro atoms. The van der Waals surface area contributed by atoms with E-state index in [0.29, 0.717) is 24.2 Å². The Hall–Kier alpha value is -1.74. The molecule has 1 fully saturated rings. The largest absolute Gasteiger partial charge is 0.243 e. The molecule has 2 aromatic rings. The zero-order chi connectivity index (χ0) is 18.9. The van der Waals surface area contributed by atoms with Gasteiger partial charge in [0.05, 0.1) is 9.79 Å². The monoisotopic (exact) mass is 394 g/mol. The summed E-state index contributed by atoms with van der Waals surface area (Å²) in [7, 11) is -4.26. The average Bonchev–Trinajstić information content (AvgIpc) is 3.17. The lowest BCUT2D eigenvalue weighted by Gasteiger charge is -2.18. The van der Waals surface area contributed by atoms with Gasteiger partial charge in [-0.15, -0.1) is 0 Å². The van der Waals surface area contributed by atoms with Gasteiger partial charge in [-0.25, -0.2) is 21.1 Å². The van der Waals surface area contributed by atoms with Gasteiger partial charge in [-0.2, -0.15) is 4.31 Å². The van der Waals surface area contributed by atoms with Crippen molar-refractivity contribution in [3.63, 3.8) is 0 Å². The van der Waals surface area contributed by atoms with E-state index in [2.05, 4.69) is 0 Å². The molecule has 6 nitrogen and oxygen atoms in total. The molecule has 0 saturated carbocycles. The van der Waals surface area contributed by atoms with E-state index in [1.54, 1.807) is 42.5 Å². The van der Waals surface area contributed by atoms with Gasteiger partial charge < -0.3 is 0 Å². The minimum Gasteiger partial charge on any atom is -0.207 e. The SMILES string of the molecule is CN(C)S(=O)(=O)c1ccccc1-c1cccc(S(=O)(=O)N2CCCC2)c1. The number of benzene rings is 2. The molecule has 1 aliphatic rings. The predicted molar refractivity (Wildman–Crippen MR) is 101 cm³/mol. The Labute approximate surface area is 155 Å². The zero-order valence-electron chi connectivity index (χ0n) is 14.8. The number of sulfonamides is 2. The molecule has 3 rings (SSSR count). The number of nitrogens with zero attached hydrogens (tertiary/aromatic N) is 2. The fourth-order valence-corrected chi connectivity index (χ4v) is 5.70. The van der Waals surface area contributed by atoms with Crippen molar-refractivity contribution in [2.45, 2.75) is 22.6 Å². The van der Waals surface area contributed by atoms with Crippen molar-refractivity contribution in [3.05, 3.63) is 48.5 Å². The summed E-state index contributed by atoms with van der Waals surface area (Å²) in [6.45, 7) is 1.05. The normalized spacial score (nSPS) is 16.3. The van der Waals surface area contributed by atoms with Gasteiger partial charge >= 0.3 is 0 Å². The van der Waals surface area contributed by atoms with Crippen LogP contribution in [0.2, 0.25) is 0 Å². The van der Waals surface area contributed by atoms with E-state index < -0.39 is 20.0 Å². The molecule has 26 heavy (non-hydrogen) atoms. The van der Waals surface area contributed by atoms with Crippen LogP contribution in [0, 0.1) is 0 Å². The highest BCUT2D eigenvalue weighted by Crippen LogP contribution is 2.31. The molecule has 1 heterocycles. The minimum atomic E-state index is -3.65. The van der Waals surface area contributed by atoms with Gasteiger partial charge in [0, 0.05) is 32.7 Å². The van der Waals surface area contributed by atoms with Gasteiger partial charge in [-0.05, 0) is 36.6 Å². The molecule has 0 bridgehead atoms. The van der Waals surface area contributed by atoms with E-state index in [1.165, 1.54) is 24.5 Å². The van der Waals surface area contributed by atoms with Crippen LogP contribution < -0.4 is 0 Å². The maximum absolute atomic E-state index is 12.8. The van der Waals surface area contributed by atoms with Gasteiger partial charge in [0.2, 0.25) is 20.0 Å². The third kappa shape index (κ3) is 3.42. The lowest BCUT2D eigenvalue weighted by Crippen LogP contribution is -2.27. The van der Waals surface area contributed by atoms with E-state index >= 15 is 0 Å². The fraction of sp³-hybridized carbons (Fsp3) is 0.333. The summed E-state index contributed by atoms with van der Waals surface area (Å²) in [6, 6.07) is 13.1. The number of hydrogen-bond acceptors (Lipinski definition) is 4. The second kappa shape index (κ2) is 7.11. The highest BCUT2D eigenvalue weighted by Gasteiger charge is 2.28. The Morgan fingerprint density at radius 1 is 0.885 bits per heavy atom. The van der Waals surface area contributed by atoms with Gasteiger partial charge in [-0.3, -0.25) is 0 Å². The van der Waals surface area contributed by atoms with E-state index in [-0.39, 0.29) is 9.79 Å². The summed E-state index contributed by atoms with van der Waals surface area (Å²) in [5.74, 6) is 0. The van der Waals surface area contributed by atoms with Crippen LogP contribution >= 0.6 is 0 Å². The maximum Gasteiger partial charge on any atom is 0.243 e. The Balaban J connectivity index is 2.11. The Morgan fingerprint density at radius 2 is 1.54 bits per heavy atom. The second-order valence-corrected chi connectivity index (χ2v) is 10.5. The third-order valence-corrected chi connectivity index (χ3v) is 8.26. The quantitative estimate of drug-likeness (QED) is 0.780. The summed E-state index contributed by atoms with van der Waals surface area (Å²) in [4.78, 5) is 0.342. The molecule has 0 atom stereocenters. The van der Waals surface area contributed by atoms with E-state index in [4.69, 9.17) is 0 Å². The average molecular weight is 395 g/mol. The summed E-state index contributed by atoms with van der Waals surface area (Å²) < 4.78 is 53.5. The molecule has 0 amide bonds. The van der Waals surface area contributed by atoms with Crippen LogP contribution in [0.1, 0.15) is 12.8 Å². The van der Waals surface area contributed by atoms with Crippen LogP contribution in [0.4, 0.5) is 0 Å². The highest BCUT2D eigenvalue weighted by atomic mass is 32.2. The van der Waals surface area contributed by atoms with Gasteiger partial charge in [0.1, 0.15) is 0 Å². The molecule has 8 heteroatoms. The first-order chi connectivity index (χ1) is 12.2. The molecule has 1 saturated heterocycles. The first kappa shape index (κ1) is 19.0. The second-order valence-electron chi connectivity index (χ2n) is 6.42. The van der Waals surface area contributed by atoms with Crippen LogP contribution in [-0.2, 0) is 20.0 Å². The Morgan fingerprint density at radius 3 is 2.19 bits per heavy atom. The van der Waals surface area contributed by atoms with Crippen molar-refractivity contribution in [2.24, 2.45) is 0 Å². The lowest BCUT2D eigenvalue weighted by molar-refractivity contribution is 0.477. The van der Waals surface area contributed by atoms with Crippen molar-refractivity contribution in [2.75, 3.05) is 27.2 Å². The van der Waals surface area contributed by atoms with E-state index in [0.717, 1.165) is 17.1 Å². The van der Waals surface area contributed by atoms with E-state index in [9.17, 15) is 16.8 Å². The molecule has 0 N–H and O–H groups in total. The summed E-state index contributed by atoms with van der Waals surface area (Å²) in [5, 5.41) is 0. The summed E-state index contributed by atoms with van der Waals surface area (Å²) in [5.41, 5.74) is 1.05. The predicted octanol–water partition coefficient (Wildman–Crippen LogP) is 2.39. The smallest absolute Gasteiger partial charge is 0.207 e. The van der Waals surface area contributed by atoms with Crippen LogP contribution in [-0.4, -0.2) is 52.6 Å². The molecule has 0 radical (unpaired) electrons. The molecule has 0 aromatic heterocycles. The standard InChI is InChI=1S/C18H22N2O4S2/c1-19(2)26(23,24)18-11-4-3-10-17(18)15-8-7-9-16(14-15)25(21,22)20-12-5-6-13-20/h3-4,7-11,14H,5-6,12-13H2,1-2H3. The first-order valence-electron chi connectivity index (χ1n) is 8.37. The van der Waals surface area contributed by atoms with Gasteiger partial charge in [0.25, 0.3) is 0 Å². The van der Waals surface area contributed by atoms with Gasteiger partial charge in [0.15, 0.2) is 0 Å². The Kier molecular flexibility index (Phi) is 5.21. The van der Waals surface area contributed by atoms with Crippen LogP contribution in [0.5, 0.6) is 0 Å². The topological polar surface area (TPSA) is 74.8 Å². The van der Waals surface area contributed by atoms with E-state index in [1.807, 2.05) is 0 Å². The van der Waals surface area contributed by atoms with Crippen LogP contribution in [0.3, 0.4) is 0 Å². The molecule has 140 valence electrons. The third-order valence-electron chi connectivity index (χ3n) is 4.49. The van der Waals surface area contributed by atoms with Crippen molar-refractivity contribution in [1.29, 1.82) is 0 Å². The zero-order valence-corrected chi connectivity index (χ0v) is 16.4. The first-order valence-corrected chi connectivity index (χ1v) is 11.2. The Bertz CT molecular complexity index is 1010. The highest BCUT2D eigenvalue weighted by molar-refractivity contribution is 7.89. The van der Waals surface area contributed by atoms with Crippen molar-refractivity contribution < 1.29 is 16.8 Å². The molecular formula is C18H22N2O4S2. The maximum atomic E-state index is 12.8. The van der Waals surface area contributed by atoms with Crippen molar-refractivity contribution in [1.82, 2.24) is 8.61 Å². The van der Waals surface area contributed by atoms with Gasteiger partial charge in [-0.1, -0.05) is 30.3 Å². The fourth-order valence-electron chi connectivity index (χ4n) is 3.03.